The molecule has 0 aliphatic rings. The third-order valence-electron chi connectivity index (χ3n) is 2.11. The van der Waals surface area contributed by atoms with Gasteiger partial charge in [0.1, 0.15) is 0 Å². The molecule has 0 aliphatic heterocycles. The second-order valence-corrected chi connectivity index (χ2v) is 3.32. The molecule has 0 aromatic heterocycles. The molecule has 1 aromatic carbocycles. The van der Waals surface area contributed by atoms with Gasteiger partial charge in [-0.2, -0.15) is 26.3 Å². The molecule has 1 radical (unpaired) electrons. The minimum absolute atomic E-state index is 0.0327. The Morgan fingerprint density at radius 2 is 1.53 bits per heavy atom. The summed E-state index contributed by atoms with van der Waals surface area (Å²) in [6.07, 6.45) is -10.2. The van der Waals surface area contributed by atoms with E-state index >= 15 is 0 Å². The van der Waals surface area contributed by atoms with Gasteiger partial charge in [-0.05, 0) is 24.1 Å². The summed E-state index contributed by atoms with van der Waals surface area (Å²) < 4.78 is 74.1. The number of hydrogen-bond acceptors (Lipinski definition) is 0. The lowest BCUT2D eigenvalue weighted by Crippen LogP contribution is -2.14. The lowest BCUT2D eigenvalue weighted by molar-refractivity contribution is -0.143. The lowest BCUT2D eigenvalue weighted by Gasteiger charge is -2.15. The standard InChI is InChI=1S/C10H7F6O/c11-9(12,13)7-2-1-6(3-4-17)8(5-7)10(14,15)16/h1-2,5H,3-4H2. The van der Waals surface area contributed by atoms with Gasteiger partial charge in [-0.3, -0.25) is 0 Å². The predicted molar refractivity (Wildman–Crippen MR) is 45.7 cm³/mol. The molecule has 0 aliphatic carbocycles. The molecule has 17 heavy (non-hydrogen) atoms. The first-order valence-corrected chi connectivity index (χ1v) is 4.51. The maximum absolute atomic E-state index is 12.5. The smallest absolute Gasteiger partial charge is 0.236 e. The molecule has 0 unspecified atom stereocenters. The topological polar surface area (TPSA) is 19.9 Å². The van der Waals surface area contributed by atoms with E-state index in [-0.39, 0.29) is 6.07 Å². The monoisotopic (exact) mass is 257 g/mol. The second kappa shape index (κ2) is 4.56. The van der Waals surface area contributed by atoms with Crippen molar-refractivity contribution < 1.29 is 31.4 Å². The van der Waals surface area contributed by atoms with Crippen LogP contribution in [0.4, 0.5) is 26.3 Å². The van der Waals surface area contributed by atoms with Crippen molar-refractivity contribution in [2.75, 3.05) is 6.61 Å². The molecule has 0 bridgehead atoms. The van der Waals surface area contributed by atoms with Crippen LogP contribution >= 0.6 is 0 Å². The van der Waals surface area contributed by atoms with Crippen molar-refractivity contribution in [2.24, 2.45) is 0 Å². The zero-order valence-electron chi connectivity index (χ0n) is 8.32. The Morgan fingerprint density at radius 1 is 0.941 bits per heavy atom. The van der Waals surface area contributed by atoms with E-state index in [0.29, 0.717) is 12.1 Å². The highest BCUT2D eigenvalue weighted by atomic mass is 19.4. The van der Waals surface area contributed by atoms with Crippen LogP contribution in [0.1, 0.15) is 16.7 Å². The van der Waals surface area contributed by atoms with Gasteiger partial charge < -0.3 is 0 Å². The highest BCUT2D eigenvalue weighted by Gasteiger charge is 2.37. The first-order valence-electron chi connectivity index (χ1n) is 4.51. The Bertz CT molecular complexity index is 393. The van der Waals surface area contributed by atoms with Gasteiger partial charge in [-0.15, -0.1) is 0 Å². The van der Waals surface area contributed by atoms with Crippen LogP contribution in [0.3, 0.4) is 0 Å². The second-order valence-electron chi connectivity index (χ2n) is 3.32. The van der Waals surface area contributed by atoms with Crippen molar-refractivity contribution in [3.05, 3.63) is 34.9 Å². The van der Waals surface area contributed by atoms with E-state index in [1.165, 1.54) is 0 Å². The molecule has 0 saturated carbocycles. The number of hydrogen-bond donors (Lipinski definition) is 0. The van der Waals surface area contributed by atoms with E-state index in [4.69, 9.17) is 0 Å². The van der Waals surface area contributed by atoms with Gasteiger partial charge in [0, 0.05) is 0 Å². The number of halogens is 6. The minimum Gasteiger partial charge on any atom is -0.236 e. The largest absolute Gasteiger partial charge is 0.416 e. The molecule has 95 valence electrons. The fourth-order valence-electron chi connectivity index (χ4n) is 1.34. The van der Waals surface area contributed by atoms with E-state index in [1.54, 1.807) is 0 Å². The summed E-state index contributed by atoms with van der Waals surface area (Å²) in [6, 6.07) is 1.27. The molecule has 7 heteroatoms. The van der Waals surface area contributed by atoms with Crippen molar-refractivity contribution >= 4 is 0 Å². The quantitative estimate of drug-likeness (QED) is 0.720. The van der Waals surface area contributed by atoms with Crippen molar-refractivity contribution in [3.8, 4) is 0 Å². The van der Waals surface area contributed by atoms with Crippen molar-refractivity contribution in [3.63, 3.8) is 0 Å². The predicted octanol–water partition coefficient (Wildman–Crippen LogP) is 3.70. The van der Waals surface area contributed by atoms with E-state index in [1.807, 2.05) is 0 Å². The molecule has 0 spiro atoms. The average molecular weight is 257 g/mol. The number of benzene rings is 1. The summed E-state index contributed by atoms with van der Waals surface area (Å²) in [6.45, 7) is -0.811. The molecule has 0 N–H and O–H groups in total. The molecule has 0 amide bonds. The highest BCUT2D eigenvalue weighted by Crippen LogP contribution is 2.37. The molecule has 1 rings (SSSR count). The lowest BCUT2D eigenvalue weighted by atomic mass is 10.0. The van der Waals surface area contributed by atoms with Crippen molar-refractivity contribution in [2.45, 2.75) is 18.8 Å². The summed E-state index contributed by atoms with van der Waals surface area (Å²) in [5, 5.41) is 10.3. The summed E-state index contributed by atoms with van der Waals surface area (Å²) >= 11 is 0. The SMILES string of the molecule is [O]CCc1ccc(C(F)(F)F)cc1C(F)(F)F. The summed E-state index contributed by atoms with van der Waals surface area (Å²) in [7, 11) is 0. The number of alkyl halides is 6. The Labute approximate surface area is 92.7 Å². The van der Waals surface area contributed by atoms with Crippen LogP contribution in [-0.2, 0) is 23.9 Å². The van der Waals surface area contributed by atoms with Crippen LogP contribution < -0.4 is 0 Å². The van der Waals surface area contributed by atoms with Gasteiger partial charge in [-0.1, -0.05) is 6.07 Å². The minimum atomic E-state index is -4.90. The molecule has 0 heterocycles. The maximum Gasteiger partial charge on any atom is 0.416 e. The van der Waals surface area contributed by atoms with Crippen molar-refractivity contribution in [1.82, 2.24) is 0 Å². The van der Waals surface area contributed by atoms with Gasteiger partial charge in [0.2, 0.25) is 0 Å². The molecule has 1 aromatic rings. The van der Waals surface area contributed by atoms with Gasteiger partial charge in [0.15, 0.2) is 0 Å². The van der Waals surface area contributed by atoms with Crippen LogP contribution in [0.25, 0.3) is 0 Å². The fourth-order valence-corrected chi connectivity index (χ4v) is 1.34. The normalized spacial score (nSPS) is 12.9. The Balaban J connectivity index is 3.30. The van der Waals surface area contributed by atoms with E-state index < -0.39 is 42.1 Å². The average Bonchev–Trinajstić information content (AvgIpc) is 2.15. The zero-order chi connectivity index (χ0) is 13.3. The summed E-state index contributed by atoms with van der Waals surface area (Å²) in [5.74, 6) is 0. The van der Waals surface area contributed by atoms with Gasteiger partial charge in [-0.25, -0.2) is 5.11 Å². The van der Waals surface area contributed by atoms with Crippen LogP contribution in [0.5, 0.6) is 0 Å². The Kier molecular flexibility index (Phi) is 3.71. The summed E-state index contributed by atoms with van der Waals surface area (Å²) in [5.41, 5.74) is -3.19. The third kappa shape index (κ3) is 3.36. The van der Waals surface area contributed by atoms with Crippen LogP contribution in [0, 0.1) is 0 Å². The maximum atomic E-state index is 12.5. The van der Waals surface area contributed by atoms with Gasteiger partial charge >= 0.3 is 12.4 Å². The molecular formula is C10H7F6O. The Hall–Kier alpha value is -1.24. The number of rotatable bonds is 2. The van der Waals surface area contributed by atoms with Crippen LogP contribution in [-0.4, -0.2) is 6.61 Å². The summed E-state index contributed by atoms with van der Waals surface area (Å²) in [4.78, 5) is 0. The van der Waals surface area contributed by atoms with E-state index in [9.17, 15) is 31.4 Å². The highest BCUT2D eigenvalue weighted by molar-refractivity contribution is 5.35. The fraction of sp³-hybridized carbons (Fsp3) is 0.400. The third-order valence-corrected chi connectivity index (χ3v) is 2.11. The van der Waals surface area contributed by atoms with Crippen LogP contribution in [0.2, 0.25) is 0 Å². The first kappa shape index (κ1) is 13.8. The van der Waals surface area contributed by atoms with Crippen LogP contribution in [0.15, 0.2) is 18.2 Å². The van der Waals surface area contributed by atoms with Crippen molar-refractivity contribution in [1.29, 1.82) is 0 Å². The first-order chi connectivity index (χ1) is 7.66. The van der Waals surface area contributed by atoms with E-state index in [0.717, 1.165) is 0 Å². The molecule has 0 fully saturated rings. The molecule has 0 atom stereocenters. The Morgan fingerprint density at radius 3 is 1.94 bits per heavy atom. The molecule has 1 nitrogen and oxygen atoms in total. The molecule has 0 saturated heterocycles. The van der Waals surface area contributed by atoms with Gasteiger partial charge in [0.05, 0.1) is 17.7 Å². The van der Waals surface area contributed by atoms with E-state index in [2.05, 4.69) is 0 Å². The van der Waals surface area contributed by atoms with Gasteiger partial charge in [0.25, 0.3) is 0 Å². The zero-order valence-corrected chi connectivity index (χ0v) is 8.32. The molecular weight excluding hydrogens is 250 g/mol.